The summed E-state index contributed by atoms with van der Waals surface area (Å²) in [5.74, 6) is -15.7. The number of Topliss-reactive ketones (excluding diaryl/α,β-unsaturated/α-hetero) is 1. The highest BCUT2D eigenvalue weighted by atomic mass is 32.1. The zero-order valence-corrected chi connectivity index (χ0v) is 19.1. The van der Waals surface area contributed by atoms with Gasteiger partial charge in [-0.2, -0.15) is 30.7 Å². The van der Waals surface area contributed by atoms with E-state index in [0.717, 1.165) is 11.3 Å². The van der Waals surface area contributed by atoms with E-state index in [-0.39, 0.29) is 4.88 Å². The van der Waals surface area contributed by atoms with E-state index in [2.05, 4.69) is 0 Å². The van der Waals surface area contributed by atoms with Crippen LogP contribution in [0.15, 0.2) is 89.8 Å². The van der Waals surface area contributed by atoms with Gasteiger partial charge in [-0.1, -0.05) is 72.8 Å². The molecule has 0 saturated carbocycles. The molecule has 1 aromatic heterocycles. The molecule has 0 bridgehead atoms. The van der Waals surface area contributed by atoms with Crippen molar-refractivity contribution in [2.45, 2.75) is 30.0 Å². The van der Waals surface area contributed by atoms with Crippen LogP contribution in [0.2, 0.25) is 0 Å². The molecular weight excluding hydrogens is 509 g/mol. The molecule has 0 aliphatic carbocycles. The third kappa shape index (κ3) is 4.45. The van der Waals surface area contributed by atoms with Gasteiger partial charge in [0.2, 0.25) is 5.78 Å². The summed E-state index contributed by atoms with van der Waals surface area (Å²) < 4.78 is 101. The number of hydrogen-bond donors (Lipinski definition) is 0. The number of carbonyl (C=O) groups excluding carboxylic acids is 1. The molecule has 1 unspecified atom stereocenters. The molecule has 2 heterocycles. The molecule has 1 atom stereocenters. The van der Waals surface area contributed by atoms with Gasteiger partial charge in [0.25, 0.3) is 0 Å². The van der Waals surface area contributed by atoms with Crippen LogP contribution in [0, 0.1) is 0 Å². The number of benzene rings is 2. The summed E-state index contributed by atoms with van der Waals surface area (Å²) >= 11 is 0.962. The zero-order valence-electron chi connectivity index (χ0n) is 18.2. The Kier molecular flexibility index (Phi) is 6.59. The van der Waals surface area contributed by atoms with Gasteiger partial charge in [0.05, 0.1) is 10.5 Å². The fourth-order valence-corrected chi connectivity index (χ4v) is 4.52. The van der Waals surface area contributed by atoms with Crippen LogP contribution in [0.4, 0.5) is 30.7 Å². The lowest BCUT2D eigenvalue weighted by molar-refractivity contribution is -0.342. The zero-order chi connectivity index (χ0) is 26.2. The van der Waals surface area contributed by atoms with Gasteiger partial charge in [-0.05, 0) is 28.6 Å². The predicted molar refractivity (Wildman–Crippen MR) is 121 cm³/mol. The van der Waals surface area contributed by atoms with Crippen LogP contribution in [-0.2, 0) is 15.1 Å². The van der Waals surface area contributed by atoms with Gasteiger partial charge >= 0.3 is 18.0 Å². The van der Waals surface area contributed by atoms with Crippen LogP contribution >= 0.6 is 11.3 Å². The molecule has 0 amide bonds. The summed E-state index contributed by atoms with van der Waals surface area (Å²) in [4.78, 5) is 12.9. The Bertz CT molecular complexity index is 1280. The number of halogens is 7. The SMILES string of the molecule is O=C(C1=C(c2cccs2)OC(/C=C/c2ccccc2)(c2ccccc2)C1)C(F)(F)C(F)(F)C(F)(F)F. The van der Waals surface area contributed by atoms with Crippen LogP contribution in [0.3, 0.4) is 0 Å². The summed E-state index contributed by atoms with van der Waals surface area (Å²) in [5.41, 5.74) is -1.50. The predicted octanol–water partition coefficient (Wildman–Crippen LogP) is 7.89. The van der Waals surface area contributed by atoms with Gasteiger partial charge in [0.1, 0.15) is 5.76 Å². The molecule has 188 valence electrons. The second-order valence-corrected chi connectivity index (χ2v) is 8.99. The van der Waals surface area contributed by atoms with Crippen LogP contribution < -0.4 is 0 Å². The molecule has 1 aliphatic rings. The summed E-state index contributed by atoms with van der Waals surface area (Å²) in [5, 5.41) is 1.53. The smallest absolute Gasteiger partial charge is 0.460 e. The summed E-state index contributed by atoms with van der Waals surface area (Å²) in [6.07, 6.45) is -4.25. The number of ether oxygens (including phenoxy) is 1. The molecule has 2 aromatic carbocycles. The Morgan fingerprint density at radius 1 is 0.861 bits per heavy atom. The van der Waals surface area contributed by atoms with E-state index in [0.29, 0.717) is 11.1 Å². The number of hydrogen-bond acceptors (Lipinski definition) is 3. The van der Waals surface area contributed by atoms with Crippen molar-refractivity contribution in [3.63, 3.8) is 0 Å². The lowest BCUT2D eigenvalue weighted by atomic mass is 9.85. The van der Waals surface area contributed by atoms with Gasteiger partial charge in [0, 0.05) is 6.42 Å². The molecule has 2 nitrogen and oxygen atoms in total. The minimum atomic E-state index is -6.64. The topological polar surface area (TPSA) is 26.3 Å². The standard InChI is InChI=1S/C26H17F7O2S/c27-24(28,25(29,30)26(31,32)33)22(34)19-16-23(18-10-5-2-6-11-18,14-13-17-8-3-1-4-9-17)35-21(19)20-12-7-15-36-20/h1-15H,16H2/b14-13+. The molecule has 0 saturated heterocycles. The maximum Gasteiger partial charge on any atom is 0.460 e. The number of rotatable bonds is 7. The van der Waals surface area contributed by atoms with E-state index in [4.69, 9.17) is 4.74 Å². The van der Waals surface area contributed by atoms with Crippen molar-refractivity contribution >= 4 is 29.0 Å². The Morgan fingerprint density at radius 3 is 2.03 bits per heavy atom. The van der Waals surface area contributed by atoms with Gasteiger partial charge in [0.15, 0.2) is 5.60 Å². The van der Waals surface area contributed by atoms with Crippen molar-refractivity contribution in [3.8, 4) is 0 Å². The number of alkyl halides is 7. The second kappa shape index (κ2) is 9.24. The number of carbonyl (C=O) groups is 1. The lowest BCUT2D eigenvalue weighted by Crippen LogP contribution is -2.56. The molecule has 36 heavy (non-hydrogen) atoms. The van der Waals surface area contributed by atoms with Crippen molar-refractivity contribution in [1.82, 2.24) is 0 Å². The Hall–Kier alpha value is -3.40. The average molecular weight is 526 g/mol. The van der Waals surface area contributed by atoms with Crippen LogP contribution in [0.25, 0.3) is 11.8 Å². The molecular formula is C26H17F7O2S. The van der Waals surface area contributed by atoms with Gasteiger partial charge in [-0.15, -0.1) is 11.3 Å². The molecule has 0 fully saturated rings. The Labute approximate surface area is 205 Å². The van der Waals surface area contributed by atoms with Crippen molar-refractivity contribution in [3.05, 3.63) is 106 Å². The molecule has 1 aliphatic heterocycles. The highest BCUT2D eigenvalue weighted by Gasteiger charge is 2.76. The first-order valence-electron chi connectivity index (χ1n) is 10.5. The van der Waals surface area contributed by atoms with Crippen molar-refractivity contribution < 1.29 is 40.3 Å². The van der Waals surface area contributed by atoms with E-state index >= 15 is 0 Å². The molecule has 0 spiro atoms. The molecule has 3 aromatic rings. The maximum absolute atomic E-state index is 14.5. The Morgan fingerprint density at radius 2 is 1.47 bits per heavy atom. The first-order valence-corrected chi connectivity index (χ1v) is 11.4. The highest BCUT2D eigenvalue weighted by Crippen LogP contribution is 2.53. The van der Waals surface area contributed by atoms with Crippen molar-refractivity contribution in [1.29, 1.82) is 0 Å². The Balaban J connectivity index is 1.85. The highest BCUT2D eigenvalue weighted by molar-refractivity contribution is 7.11. The minimum absolute atomic E-state index is 0.135. The maximum atomic E-state index is 14.5. The monoisotopic (exact) mass is 526 g/mol. The largest absolute Gasteiger partial charge is 0.476 e. The molecule has 0 N–H and O–H groups in total. The van der Waals surface area contributed by atoms with Crippen molar-refractivity contribution in [2.75, 3.05) is 0 Å². The number of ketones is 1. The van der Waals surface area contributed by atoms with E-state index in [9.17, 15) is 35.5 Å². The van der Waals surface area contributed by atoms with Crippen molar-refractivity contribution in [2.24, 2.45) is 0 Å². The summed E-state index contributed by atoms with van der Waals surface area (Å²) in [6, 6.07) is 19.7. The van der Waals surface area contributed by atoms with E-state index in [1.807, 2.05) is 0 Å². The second-order valence-electron chi connectivity index (χ2n) is 8.04. The lowest BCUT2D eigenvalue weighted by Gasteiger charge is -2.28. The molecule has 4 rings (SSSR count). The van der Waals surface area contributed by atoms with Gasteiger partial charge < -0.3 is 4.74 Å². The van der Waals surface area contributed by atoms with E-state index < -0.39 is 47.2 Å². The van der Waals surface area contributed by atoms with Gasteiger partial charge in [-0.3, -0.25) is 4.79 Å². The quantitative estimate of drug-likeness (QED) is 0.293. The first-order chi connectivity index (χ1) is 16.9. The first kappa shape index (κ1) is 25.7. The average Bonchev–Trinajstić information content (AvgIpc) is 3.51. The fourth-order valence-electron chi connectivity index (χ4n) is 3.79. The van der Waals surface area contributed by atoms with E-state index in [1.165, 1.54) is 23.6 Å². The minimum Gasteiger partial charge on any atom is -0.476 e. The van der Waals surface area contributed by atoms with E-state index in [1.54, 1.807) is 66.7 Å². The molecule has 0 radical (unpaired) electrons. The fraction of sp³-hybridized carbons (Fsp3) is 0.192. The van der Waals surface area contributed by atoms with Gasteiger partial charge in [-0.25, -0.2) is 0 Å². The third-order valence-electron chi connectivity index (χ3n) is 5.66. The normalized spacial score (nSPS) is 19.1. The van der Waals surface area contributed by atoms with Crippen LogP contribution in [-0.4, -0.2) is 23.8 Å². The number of thiophene rings is 1. The third-order valence-corrected chi connectivity index (χ3v) is 6.53. The van der Waals surface area contributed by atoms with Crippen LogP contribution in [0.1, 0.15) is 22.4 Å². The molecule has 10 heteroatoms. The summed E-state index contributed by atoms with van der Waals surface area (Å²) in [7, 11) is 0. The van der Waals surface area contributed by atoms with Crippen LogP contribution in [0.5, 0.6) is 0 Å². The summed E-state index contributed by atoms with van der Waals surface area (Å²) in [6.45, 7) is 0.